The number of benzene rings is 2. The molecule has 2 aromatic heterocycles. The van der Waals surface area contributed by atoms with E-state index >= 15 is 0 Å². The Labute approximate surface area is 245 Å². The van der Waals surface area contributed by atoms with Crippen LogP contribution in [0.15, 0.2) is 70.0 Å². The van der Waals surface area contributed by atoms with Crippen LogP contribution in [0.5, 0.6) is 0 Å². The Morgan fingerprint density at radius 3 is 2.22 bits per heavy atom. The average Bonchev–Trinajstić information content (AvgIpc) is 3.38. The van der Waals surface area contributed by atoms with E-state index < -0.39 is 15.9 Å². The summed E-state index contributed by atoms with van der Waals surface area (Å²) in [5.74, 6) is 0.491. The first-order chi connectivity index (χ1) is 19.2. The van der Waals surface area contributed by atoms with Crippen molar-refractivity contribution in [2.75, 3.05) is 10.0 Å². The van der Waals surface area contributed by atoms with Crippen LogP contribution in [0.25, 0.3) is 0 Å². The molecule has 2 heterocycles. The quantitative estimate of drug-likeness (QED) is 0.238. The van der Waals surface area contributed by atoms with E-state index in [0.29, 0.717) is 17.9 Å². The van der Waals surface area contributed by atoms with Crippen LogP contribution in [-0.2, 0) is 27.3 Å². The van der Waals surface area contributed by atoms with Crippen molar-refractivity contribution in [3.8, 4) is 0 Å². The van der Waals surface area contributed by atoms with E-state index in [-0.39, 0.29) is 32.5 Å². The summed E-state index contributed by atoms with van der Waals surface area (Å²) >= 11 is 5.70. The molecule has 214 valence electrons. The molecule has 10 heteroatoms. The molecule has 1 aliphatic carbocycles. The zero-order valence-corrected chi connectivity index (χ0v) is 25.3. The predicted octanol–water partition coefficient (Wildman–Crippen LogP) is 7.02. The van der Waals surface area contributed by atoms with E-state index in [1.807, 2.05) is 6.07 Å². The lowest BCUT2D eigenvalue weighted by Gasteiger charge is -2.42. The normalized spacial score (nSPS) is 15.7. The molecule has 0 bridgehead atoms. The number of fused-ring (bicyclic) bond motifs is 1. The van der Waals surface area contributed by atoms with Gasteiger partial charge in [0, 0.05) is 12.1 Å². The number of carbonyl (C=O) groups excluding carboxylic acids is 1. The number of aryl methyl sites for hydroxylation is 1. The number of aromatic nitrogens is 2. The molecule has 0 unspecified atom stereocenters. The molecule has 0 aliphatic heterocycles. The van der Waals surface area contributed by atoms with Crippen LogP contribution in [0.3, 0.4) is 0 Å². The number of sulfonamides is 1. The second-order valence-electron chi connectivity index (χ2n) is 11.9. The second-order valence-corrected chi connectivity index (χ2v) is 13.9. The topological polar surface area (TPSA) is 114 Å². The van der Waals surface area contributed by atoms with E-state index in [0.717, 1.165) is 12.8 Å². The third-order valence-corrected chi connectivity index (χ3v) is 9.43. The van der Waals surface area contributed by atoms with E-state index in [4.69, 9.17) is 16.0 Å². The Balaban J connectivity index is 1.27. The summed E-state index contributed by atoms with van der Waals surface area (Å²) in [6.45, 7) is 11.4. The number of carbonyl (C=O) groups is 1. The number of hydrogen-bond acceptors (Lipinski definition) is 6. The molecule has 41 heavy (non-hydrogen) atoms. The molecule has 0 fully saturated rings. The van der Waals surface area contributed by atoms with Crippen molar-refractivity contribution in [2.24, 2.45) is 0 Å². The fraction of sp³-hybridized carbons (Fsp3) is 0.323. The molecule has 5 rings (SSSR count). The van der Waals surface area contributed by atoms with Crippen molar-refractivity contribution in [1.29, 1.82) is 0 Å². The average molecular weight is 593 g/mol. The van der Waals surface area contributed by atoms with Crippen LogP contribution in [0, 0.1) is 6.92 Å². The molecule has 0 saturated heterocycles. The Bertz CT molecular complexity index is 1710. The number of nitrogens with zero attached hydrogens (tertiary/aromatic N) is 2. The summed E-state index contributed by atoms with van der Waals surface area (Å²) in [4.78, 5) is 12.9. The highest BCUT2D eigenvalue weighted by Crippen LogP contribution is 2.46. The molecule has 4 aromatic rings. The van der Waals surface area contributed by atoms with Crippen LogP contribution in [0.2, 0.25) is 5.15 Å². The molecule has 0 saturated carbocycles. The largest absolute Gasteiger partial charge is 0.456 e. The fourth-order valence-electron chi connectivity index (χ4n) is 5.22. The minimum absolute atomic E-state index is 0.000446. The number of amides is 1. The zero-order chi connectivity index (χ0) is 29.6. The number of anilines is 2. The lowest BCUT2D eigenvalue weighted by molar-refractivity contribution is 0.0995. The van der Waals surface area contributed by atoms with Crippen LogP contribution in [-0.4, -0.2) is 24.5 Å². The van der Waals surface area contributed by atoms with Gasteiger partial charge in [-0.3, -0.25) is 9.52 Å². The molecular weight excluding hydrogens is 560 g/mol. The summed E-state index contributed by atoms with van der Waals surface area (Å²) in [6.07, 6.45) is 2.89. The van der Waals surface area contributed by atoms with Crippen molar-refractivity contribution < 1.29 is 17.6 Å². The number of furan rings is 1. The summed E-state index contributed by atoms with van der Waals surface area (Å²) in [7, 11) is -3.90. The van der Waals surface area contributed by atoms with Crippen LogP contribution in [0.4, 0.5) is 11.5 Å². The van der Waals surface area contributed by atoms with Gasteiger partial charge in [0.25, 0.3) is 15.9 Å². The fourth-order valence-corrected chi connectivity index (χ4v) is 6.31. The SMILES string of the molecule is Cc1cc2c(cc1Cc1ccc(C(=O)Nc3ccc(S(=O)(=O)Nc4ccc(Cl)nn4)cc3)o1)C(C)(C)CCC2(C)C. The summed E-state index contributed by atoms with van der Waals surface area (Å²) in [5.41, 5.74) is 5.89. The number of rotatable bonds is 7. The minimum atomic E-state index is -3.90. The molecule has 1 aliphatic rings. The number of halogens is 1. The standard InChI is InChI=1S/C31H33ClN4O4S/c1-19-16-24-25(31(4,5)15-14-30(24,2)3)18-20(19)17-22-8-11-26(40-22)29(37)33-21-6-9-23(10-7-21)41(38,39)36-28-13-12-27(32)34-35-28/h6-13,16,18H,14-15,17H2,1-5H3,(H,33,37)(H,35,36). The van der Waals surface area contributed by atoms with Gasteiger partial charge in [0.1, 0.15) is 5.76 Å². The first kappa shape index (κ1) is 28.8. The molecule has 2 aromatic carbocycles. The van der Waals surface area contributed by atoms with Gasteiger partial charge < -0.3 is 9.73 Å². The number of nitrogens with one attached hydrogen (secondary N) is 2. The van der Waals surface area contributed by atoms with Crippen molar-refractivity contribution in [2.45, 2.75) is 69.6 Å². The lowest BCUT2D eigenvalue weighted by Crippen LogP contribution is -2.34. The summed E-state index contributed by atoms with van der Waals surface area (Å²) in [6, 6.07) is 16.7. The lowest BCUT2D eigenvalue weighted by atomic mass is 9.62. The van der Waals surface area contributed by atoms with Gasteiger partial charge in [-0.2, -0.15) is 0 Å². The highest BCUT2D eigenvalue weighted by Gasteiger charge is 2.37. The van der Waals surface area contributed by atoms with Gasteiger partial charge in [-0.1, -0.05) is 51.4 Å². The van der Waals surface area contributed by atoms with Gasteiger partial charge in [-0.15, -0.1) is 10.2 Å². The molecular formula is C31H33ClN4O4S. The highest BCUT2D eigenvalue weighted by molar-refractivity contribution is 7.92. The zero-order valence-electron chi connectivity index (χ0n) is 23.7. The second kappa shape index (κ2) is 10.6. The maximum absolute atomic E-state index is 12.9. The first-order valence-electron chi connectivity index (χ1n) is 13.4. The van der Waals surface area contributed by atoms with E-state index in [1.165, 1.54) is 58.7 Å². The van der Waals surface area contributed by atoms with E-state index in [2.05, 4.69) is 67.0 Å². The summed E-state index contributed by atoms with van der Waals surface area (Å²) in [5, 5.41) is 10.2. The Kier molecular flexibility index (Phi) is 7.46. The van der Waals surface area contributed by atoms with Crippen molar-refractivity contribution in [3.63, 3.8) is 0 Å². The summed E-state index contributed by atoms with van der Waals surface area (Å²) < 4.78 is 33.6. The first-order valence-corrected chi connectivity index (χ1v) is 15.3. The Morgan fingerprint density at radius 1 is 0.927 bits per heavy atom. The van der Waals surface area contributed by atoms with Gasteiger partial charge in [0.05, 0.1) is 4.90 Å². The highest BCUT2D eigenvalue weighted by atomic mass is 35.5. The van der Waals surface area contributed by atoms with Crippen molar-refractivity contribution in [1.82, 2.24) is 10.2 Å². The van der Waals surface area contributed by atoms with E-state index in [9.17, 15) is 13.2 Å². The minimum Gasteiger partial charge on any atom is -0.456 e. The molecule has 2 N–H and O–H groups in total. The van der Waals surface area contributed by atoms with Gasteiger partial charge in [-0.25, -0.2) is 8.42 Å². The van der Waals surface area contributed by atoms with Crippen LogP contribution in [0.1, 0.15) is 79.1 Å². The smallest absolute Gasteiger partial charge is 0.291 e. The molecule has 0 spiro atoms. The monoisotopic (exact) mass is 592 g/mol. The third-order valence-electron chi connectivity index (χ3n) is 7.85. The van der Waals surface area contributed by atoms with Crippen molar-refractivity contribution >= 4 is 39.0 Å². The molecule has 8 nitrogen and oxygen atoms in total. The van der Waals surface area contributed by atoms with Gasteiger partial charge >= 0.3 is 0 Å². The van der Waals surface area contributed by atoms with Crippen molar-refractivity contribution in [3.05, 3.63) is 99.6 Å². The molecule has 1 amide bonds. The van der Waals surface area contributed by atoms with Gasteiger partial charge in [-0.05, 0) is 101 Å². The van der Waals surface area contributed by atoms with Crippen LogP contribution >= 0.6 is 11.6 Å². The maximum atomic E-state index is 12.9. The Morgan fingerprint density at radius 2 is 1.59 bits per heavy atom. The molecule has 0 radical (unpaired) electrons. The van der Waals surface area contributed by atoms with Gasteiger partial charge in [0.15, 0.2) is 16.7 Å². The number of hydrogen-bond donors (Lipinski definition) is 2. The van der Waals surface area contributed by atoms with E-state index in [1.54, 1.807) is 6.07 Å². The Hall–Kier alpha value is -3.69. The van der Waals surface area contributed by atoms with Crippen LogP contribution < -0.4 is 10.0 Å². The third kappa shape index (κ3) is 6.16. The molecule has 0 atom stereocenters. The maximum Gasteiger partial charge on any atom is 0.291 e. The van der Waals surface area contributed by atoms with Gasteiger partial charge in [0.2, 0.25) is 0 Å². The predicted molar refractivity (Wildman–Crippen MR) is 160 cm³/mol.